The predicted octanol–water partition coefficient (Wildman–Crippen LogP) is 5.06. The Kier molecular flexibility index (Phi) is 7.26. The molecule has 0 aliphatic rings. The summed E-state index contributed by atoms with van der Waals surface area (Å²) in [7, 11) is 0. The molecule has 1 aromatic carbocycles. The Labute approximate surface area is 149 Å². The molecule has 2 aromatic rings. The van der Waals surface area contributed by atoms with Crippen LogP contribution in [0.4, 0.5) is 0 Å². The normalized spacial score (nSPS) is 12.0. The van der Waals surface area contributed by atoms with Crippen LogP contribution in [0.2, 0.25) is 5.15 Å². The maximum absolute atomic E-state index is 12.9. The van der Waals surface area contributed by atoms with Gasteiger partial charge in [-0.1, -0.05) is 68.3 Å². The minimum Gasteiger partial charge on any atom is -0.335 e. The number of carbonyl (C=O) groups is 1. The Morgan fingerprint density at radius 1 is 1.17 bits per heavy atom. The number of benzene rings is 1. The molecule has 0 N–H and O–H groups in total. The Bertz CT molecular complexity index is 628. The molecule has 4 heteroatoms. The largest absolute Gasteiger partial charge is 0.335 e. The van der Waals surface area contributed by atoms with E-state index in [1.54, 1.807) is 12.3 Å². The van der Waals surface area contributed by atoms with Crippen molar-refractivity contribution in [2.45, 2.75) is 45.6 Å². The van der Waals surface area contributed by atoms with Gasteiger partial charge < -0.3 is 4.90 Å². The van der Waals surface area contributed by atoms with E-state index in [4.69, 9.17) is 11.6 Å². The van der Waals surface area contributed by atoms with Gasteiger partial charge in [0.15, 0.2) is 0 Å². The van der Waals surface area contributed by atoms with Crippen LogP contribution in [0.25, 0.3) is 0 Å². The summed E-state index contributed by atoms with van der Waals surface area (Å²) in [5, 5.41) is 0.449. The van der Waals surface area contributed by atoms with E-state index in [0.717, 1.165) is 31.4 Å². The zero-order chi connectivity index (χ0) is 17.4. The molecular weight excluding hydrogens is 320 g/mol. The first kappa shape index (κ1) is 18.5. The second kappa shape index (κ2) is 9.43. The van der Waals surface area contributed by atoms with E-state index < -0.39 is 0 Å². The summed E-state index contributed by atoms with van der Waals surface area (Å²) >= 11 is 5.83. The Morgan fingerprint density at radius 2 is 1.92 bits per heavy atom. The lowest BCUT2D eigenvalue weighted by atomic mass is 10.0. The molecule has 1 heterocycles. The fourth-order valence-electron chi connectivity index (χ4n) is 2.88. The molecule has 0 saturated heterocycles. The standard InChI is InChI=1S/C20H25ClN2O/c1-3-5-13-23(18(4-2)17-9-7-6-8-10-17)20(24)14-16-11-12-19(21)22-15-16/h6-12,15,18H,3-5,13-14H2,1-2H3. The van der Waals surface area contributed by atoms with Gasteiger partial charge in [0.2, 0.25) is 5.91 Å². The van der Waals surface area contributed by atoms with Crippen molar-refractivity contribution in [1.82, 2.24) is 9.88 Å². The van der Waals surface area contributed by atoms with Gasteiger partial charge in [-0.15, -0.1) is 0 Å². The first-order valence-electron chi connectivity index (χ1n) is 8.60. The molecule has 128 valence electrons. The summed E-state index contributed by atoms with van der Waals surface area (Å²) in [6, 6.07) is 14.0. The van der Waals surface area contributed by atoms with Crippen molar-refractivity contribution in [3.63, 3.8) is 0 Å². The third kappa shape index (κ3) is 5.07. The lowest BCUT2D eigenvalue weighted by Gasteiger charge is -2.32. The lowest BCUT2D eigenvalue weighted by molar-refractivity contribution is -0.133. The minimum absolute atomic E-state index is 0.116. The molecule has 1 unspecified atom stereocenters. The number of halogens is 1. The average molecular weight is 345 g/mol. The first-order valence-corrected chi connectivity index (χ1v) is 8.98. The van der Waals surface area contributed by atoms with E-state index in [1.165, 1.54) is 5.56 Å². The van der Waals surface area contributed by atoms with Crippen molar-refractivity contribution in [3.8, 4) is 0 Å². The Morgan fingerprint density at radius 3 is 2.50 bits per heavy atom. The molecule has 0 fully saturated rings. The third-order valence-corrected chi connectivity index (χ3v) is 4.39. The molecule has 3 nitrogen and oxygen atoms in total. The summed E-state index contributed by atoms with van der Waals surface area (Å²) in [5.41, 5.74) is 2.09. The quantitative estimate of drug-likeness (QED) is 0.627. The van der Waals surface area contributed by atoms with Gasteiger partial charge in [0, 0.05) is 12.7 Å². The number of rotatable bonds is 8. The van der Waals surface area contributed by atoms with Crippen molar-refractivity contribution in [3.05, 3.63) is 64.9 Å². The summed E-state index contributed by atoms with van der Waals surface area (Å²) in [6.07, 6.45) is 5.02. The number of carbonyl (C=O) groups excluding carboxylic acids is 1. The van der Waals surface area contributed by atoms with E-state index in [0.29, 0.717) is 11.6 Å². The number of nitrogens with zero attached hydrogens (tertiary/aromatic N) is 2. The summed E-state index contributed by atoms with van der Waals surface area (Å²) < 4.78 is 0. The molecule has 1 atom stereocenters. The first-order chi connectivity index (χ1) is 11.7. The maximum atomic E-state index is 12.9. The lowest BCUT2D eigenvalue weighted by Crippen LogP contribution is -2.36. The number of aromatic nitrogens is 1. The van der Waals surface area contributed by atoms with E-state index in [9.17, 15) is 4.79 Å². The van der Waals surface area contributed by atoms with Crippen LogP contribution in [-0.2, 0) is 11.2 Å². The van der Waals surface area contributed by atoms with Crippen molar-refractivity contribution < 1.29 is 4.79 Å². The van der Waals surface area contributed by atoms with Gasteiger partial charge in [0.25, 0.3) is 0 Å². The summed E-state index contributed by atoms with van der Waals surface area (Å²) in [5.74, 6) is 0.142. The van der Waals surface area contributed by atoms with Crippen molar-refractivity contribution >= 4 is 17.5 Å². The molecule has 1 aromatic heterocycles. The SMILES string of the molecule is CCCCN(C(=O)Cc1ccc(Cl)nc1)C(CC)c1ccccc1. The number of hydrogen-bond donors (Lipinski definition) is 0. The Hall–Kier alpha value is -1.87. The van der Waals surface area contributed by atoms with Crippen LogP contribution in [0.3, 0.4) is 0 Å². The molecule has 2 rings (SSSR count). The minimum atomic E-state index is 0.116. The molecule has 0 spiro atoms. The third-order valence-electron chi connectivity index (χ3n) is 4.16. The van der Waals surface area contributed by atoms with Gasteiger partial charge in [-0.05, 0) is 30.0 Å². The highest BCUT2D eigenvalue weighted by molar-refractivity contribution is 6.29. The highest BCUT2D eigenvalue weighted by Gasteiger charge is 2.23. The zero-order valence-electron chi connectivity index (χ0n) is 14.4. The van der Waals surface area contributed by atoms with Crippen molar-refractivity contribution in [2.75, 3.05) is 6.54 Å². The van der Waals surface area contributed by atoms with Crippen LogP contribution in [0.15, 0.2) is 48.7 Å². The Balaban J connectivity index is 2.19. The van der Waals surface area contributed by atoms with Crippen LogP contribution >= 0.6 is 11.6 Å². The highest BCUT2D eigenvalue weighted by Crippen LogP contribution is 2.25. The van der Waals surface area contributed by atoms with Gasteiger partial charge >= 0.3 is 0 Å². The number of pyridine rings is 1. The number of unbranched alkanes of at least 4 members (excludes halogenated alkanes) is 1. The van der Waals surface area contributed by atoms with Gasteiger partial charge in [-0.3, -0.25) is 4.79 Å². The second-order valence-electron chi connectivity index (χ2n) is 5.94. The summed E-state index contributed by atoms with van der Waals surface area (Å²) in [4.78, 5) is 19.0. The zero-order valence-corrected chi connectivity index (χ0v) is 15.2. The van der Waals surface area contributed by atoms with Gasteiger partial charge in [-0.25, -0.2) is 4.98 Å². The van der Waals surface area contributed by atoms with Crippen LogP contribution in [0.5, 0.6) is 0 Å². The van der Waals surface area contributed by atoms with Crippen LogP contribution < -0.4 is 0 Å². The van der Waals surface area contributed by atoms with Gasteiger partial charge in [-0.2, -0.15) is 0 Å². The maximum Gasteiger partial charge on any atom is 0.227 e. The molecule has 1 amide bonds. The molecule has 24 heavy (non-hydrogen) atoms. The van der Waals surface area contributed by atoms with Crippen LogP contribution in [-0.4, -0.2) is 22.3 Å². The topological polar surface area (TPSA) is 33.2 Å². The molecule has 0 aliphatic heterocycles. The van der Waals surface area contributed by atoms with Gasteiger partial charge in [0.05, 0.1) is 12.5 Å². The van der Waals surface area contributed by atoms with E-state index in [-0.39, 0.29) is 11.9 Å². The highest BCUT2D eigenvalue weighted by atomic mass is 35.5. The van der Waals surface area contributed by atoms with E-state index in [1.807, 2.05) is 29.2 Å². The molecule has 0 radical (unpaired) electrons. The fraction of sp³-hybridized carbons (Fsp3) is 0.400. The van der Waals surface area contributed by atoms with Crippen LogP contribution in [0, 0.1) is 0 Å². The predicted molar refractivity (Wildman–Crippen MR) is 99.0 cm³/mol. The number of amides is 1. The van der Waals surface area contributed by atoms with Crippen molar-refractivity contribution in [2.24, 2.45) is 0 Å². The van der Waals surface area contributed by atoms with E-state index >= 15 is 0 Å². The smallest absolute Gasteiger partial charge is 0.227 e. The summed E-state index contributed by atoms with van der Waals surface area (Å²) in [6.45, 7) is 5.06. The monoisotopic (exact) mass is 344 g/mol. The van der Waals surface area contributed by atoms with Crippen LogP contribution in [0.1, 0.15) is 50.3 Å². The molecule has 0 aliphatic carbocycles. The fourth-order valence-corrected chi connectivity index (χ4v) is 2.99. The average Bonchev–Trinajstić information content (AvgIpc) is 2.61. The molecule has 0 saturated carbocycles. The second-order valence-corrected chi connectivity index (χ2v) is 6.33. The molecule has 0 bridgehead atoms. The van der Waals surface area contributed by atoms with E-state index in [2.05, 4.69) is 31.0 Å². The van der Waals surface area contributed by atoms with Crippen molar-refractivity contribution in [1.29, 1.82) is 0 Å². The van der Waals surface area contributed by atoms with Gasteiger partial charge in [0.1, 0.15) is 5.15 Å². The molecular formula is C20H25ClN2O. The number of hydrogen-bond acceptors (Lipinski definition) is 2.